The van der Waals surface area contributed by atoms with Crippen molar-refractivity contribution in [3.8, 4) is 0 Å². The Morgan fingerprint density at radius 2 is 1.73 bits per heavy atom. The fraction of sp³-hybridized carbons (Fsp3) is 0.929. The van der Waals surface area contributed by atoms with E-state index in [0.717, 1.165) is 23.7 Å². The molecule has 0 N–H and O–H groups in total. The van der Waals surface area contributed by atoms with Crippen LogP contribution in [0.15, 0.2) is 4.99 Å². The molecule has 2 fully saturated rings. The molecule has 0 aromatic heterocycles. The summed E-state index contributed by atoms with van der Waals surface area (Å²) in [4.78, 5) is 4.85. The number of nitrogens with zero attached hydrogens (tertiary/aromatic N) is 1. The van der Waals surface area contributed by atoms with Gasteiger partial charge in [0.05, 0.1) is 0 Å². The van der Waals surface area contributed by atoms with Gasteiger partial charge >= 0.3 is 0 Å². The first-order valence-corrected chi connectivity index (χ1v) is 6.79. The van der Waals surface area contributed by atoms with Gasteiger partial charge in [0, 0.05) is 11.8 Å². The van der Waals surface area contributed by atoms with Gasteiger partial charge in [-0.15, -0.1) is 0 Å². The van der Waals surface area contributed by atoms with Crippen molar-refractivity contribution in [2.75, 3.05) is 0 Å². The molecule has 0 amide bonds. The lowest BCUT2D eigenvalue weighted by Gasteiger charge is -2.15. The van der Waals surface area contributed by atoms with Gasteiger partial charge in [-0.3, -0.25) is 4.99 Å². The average molecular weight is 205 g/mol. The average Bonchev–Trinajstić information content (AvgIpc) is 3.07. The molecule has 3 rings (SSSR count). The minimum atomic E-state index is 0.596. The molecule has 1 nitrogen and oxygen atoms in total. The Kier molecular flexibility index (Phi) is 2.37. The van der Waals surface area contributed by atoms with Gasteiger partial charge in [-0.2, -0.15) is 0 Å². The standard InChI is InChI=1S/C14H23N/c1-9-7-13(15-10(9)2)8-14(11-3-4-11)12-5-6-12/h9-12,14H,3-8H2,1-2H3. The highest BCUT2D eigenvalue weighted by Gasteiger charge is 2.42. The van der Waals surface area contributed by atoms with Gasteiger partial charge in [-0.05, 0) is 69.1 Å². The summed E-state index contributed by atoms with van der Waals surface area (Å²) in [5, 5.41) is 0. The van der Waals surface area contributed by atoms with Crippen LogP contribution in [0.25, 0.3) is 0 Å². The van der Waals surface area contributed by atoms with Gasteiger partial charge in [-0.25, -0.2) is 0 Å². The van der Waals surface area contributed by atoms with Crippen LogP contribution in [0.4, 0.5) is 0 Å². The Morgan fingerprint density at radius 3 is 2.13 bits per heavy atom. The lowest BCUT2D eigenvalue weighted by Crippen LogP contribution is -2.12. The summed E-state index contributed by atoms with van der Waals surface area (Å²) in [5.41, 5.74) is 1.55. The van der Waals surface area contributed by atoms with Gasteiger partial charge in [-0.1, -0.05) is 6.92 Å². The van der Waals surface area contributed by atoms with Crippen LogP contribution in [0.1, 0.15) is 52.4 Å². The van der Waals surface area contributed by atoms with Crippen molar-refractivity contribution < 1.29 is 0 Å². The first-order valence-electron chi connectivity index (χ1n) is 6.79. The molecule has 1 aliphatic heterocycles. The Hall–Kier alpha value is -0.330. The molecule has 15 heavy (non-hydrogen) atoms. The number of hydrogen-bond donors (Lipinski definition) is 0. The number of rotatable bonds is 4. The second-order valence-corrected chi connectivity index (χ2v) is 6.16. The molecular weight excluding hydrogens is 182 g/mol. The first-order chi connectivity index (χ1) is 7.24. The van der Waals surface area contributed by atoms with Gasteiger partial charge in [0.2, 0.25) is 0 Å². The van der Waals surface area contributed by atoms with Crippen LogP contribution in [0, 0.1) is 23.7 Å². The summed E-state index contributed by atoms with van der Waals surface area (Å²) in [6, 6.07) is 0.596. The predicted molar refractivity (Wildman–Crippen MR) is 64.2 cm³/mol. The largest absolute Gasteiger partial charge is 0.291 e. The van der Waals surface area contributed by atoms with E-state index in [9.17, 15) is 0 Å². The van der Waals surface area contributed by atoms with Crippen LogP contribution in [0.3, 0.4) is 0 Å². The Morgan fingerprint density at radius 1 is 1.13 bits per heavy atom. The highest BCUT2D eigenvalue weighted by Crippen LogP contribution is 2.51. The molecule has 0 aromatic rings. The summed E-state index contributed by atoms with van der Waals surface area (Å²) < 4.78 is 0. The fourth-order valence-electron chi connectivity index (χ4n) is 3.19. The maximum atomic E-state index is 4.85. The molecular formula is C14H23N. The van der Waals surface area contributed by atoms with Crippen LogP contribution in [-0.4, -0.2) is 11.8 Å². The second kappa shape index (κ2) is 3.61. The van der Waals surface area contributed by atoms with Crippen molar-refractivity contribution in [1.82, 2.24) is 0 Å². The quantitative estimate of drug-likeness (QED) is 0.664. The van der Waals surface area contributed by atoms with E-state index in [1.165, 1.54) is 38.5 Å². The van der Waals surface area contributed by atoms with Gasteiger partial charge < -0.3 is 0 Å². The zero-order valence-corrected chi connectivity index (χ0v) is 10.1. The molecule has 84 valence electrons. The van der Waals surface area contributed by atoms with Crippen LogP contribution in [-0.2, 0) is 0 Å². The zero-order chi connectivity index (χ0) is 10.4. The molecule has 0 spiro atoms. The van der Waals surface area contributed by atoms with Crippen LogP contribution >= 0.6 is 0 Å². The van der Waals surface area contributed by atoms with Gasteiger partial charge in [0.15, 0.2) is 0 Å². The highest BCUT2D eigenvalue weighted by atomic mass is 14.8. The van der Waals surface area contributed by atoms with Gasteiger partial charge in [0.25, 0.3) is 0 Å². The van der Waals surface area contributed by atoms with Gasteiger partial charge in [0.1, 0.15) is 0 Å². The van der Waals surface area contributed by atoms with E-state index in [4.69, 9.17) is 4.99 Å². The van der Waals surface area contributed by atoms with E-state index in [2.05, 4.69) is 13.8 Å². The Labute approximate surface area is 93.4 Å². The molecule has 1 heteroatoms. The van der Waals surface area contributed by atoms with E-state index in [1.54, 1.807) is 5.71 Å². The number of hydrogen-bond acceptors (Lipinski definition) is 1. The molecule has 0 saturated heterocycles. The van der Waals surface area contributed by atoms with Crippen molar-refractivity contribution in [2.24, 2.45) is 28.7 Å². The van der Waals surface area contributed by atoms with E-state index in [-0.39, 0.29) is 0 Å². The molecule has 2 atom stereocenters. The van der Waals surface area contributed by atoms with Crippen LogP contribution < -0.4 is 0 Å². The lowest BCUT2D eigenvalue weighted by molar-refractivity contribution is 0.419. The molecule has 0 bridgehead atoms. The smallest absolute Gasteiger partial charge is 0.0499 e. The Bertz CT molecular complexity index is 261. The summed E-state index contributed by atoms with van der Waals surface area (Å²) in [6.45, 7) is 4.63. The monoisotopic (exact) mass is 205 g/mol. The predicted octanol–water partition coefficient (Wildman–Crippen LogP) is 3.68. The molecule has 0 radical (unpaired) electrons. The molecule has 2 unspecified atom stereocenters. The van der Waals surface area contributed by atoms with Crippen molar-refractivity contribution in [2.45, 2.75) is 58.4 Å². The van der Waals surface area contributed by atoms with Crippen molar-refractivity contribution in [3.05, 3.63) is 0 Å². The minimum absolute atomic E-state index is 0.596. The van der Waals surface area contributed by atoms with E-state index < -0.39 is 0 Å². The summed E-state index contributed by atoms with van der Waals surface area (Å²) in [7, 11) is 0. The molecule has 2 aliphatic carbocycles. The topological polar surface area (TPSA) is 12.4 Å². The third kappa shape index (κ3) is 2.11. The fourth-order valence-corrected chi connectivity index (χ4v) is 3.19. The summed E-state index contributed by atoms with van der Waals surface area (Å²) >= 11 is 0. The zero-order valence-electron chi connectivity index (χ0n) is 10.1. The maximum Gasteiger partial charge on any atom is 0.0499 e. The van der Waals surface area contributed by atoms with E-state index >= 15 is 0 Å². The highest BCUT2D eigenvalue weighted by molar-refractivity contribution is 5.86. The lowest BCUT2D eigenvalue weighted by atomic mass is 9.89. The third-order valence-corrected chi connectivity index (χ3v) is 4.69. The van der Waals surface area contributed by atoms with E-state index in [1.807, 2.05) is 0 Å². The van der Waals surface area contributed by atoms with Crippen molar-refractivity contribution in [1.29, 1.82) is 0 Å². The van der Waals surface area contributed by atoms with Crippen LogP contribution in [0.2, 0.25) is 0 Å². The summed E-state index contributed by atoms with van der Waals surface area (Å²) in [6.07, 6.45) is 8.69. The second-order valence-electron chi connectivity index (χ2n) is 6.16. The van der Waals surface area contributed by atoms with Crippen molar-refractivity contribution >= 4 is 5.71 Å². The maximum absolute atomic E-state index is 4.85. The summed E-state index contributed by atoms with van der Waals surface area (Å²) in [5.74, 6) is 4.01. The van der Waals surface area contributed by atoms with Crippen molar-refractivity contribution in [3.63, 3.8) is 0 Å². The molecule has 2 saturated carbocycles. The molecule has 1 heterocycles. The SMILES string of the molecule is CC1CC(CC(C2CC2)C2CC2)=NC1C. The third-order valence-electron chi connectivity index (χ3n) is 4.69. The Balaban J connectivity index is 1.61. The van der Waals surface area contributed by atoms with Crippen LogP contribution in [0.5, 0.6) is 0 Å². The first kappa shape index (κ1) is 9.86. The molecule has 0 aromatic carbocycles. The van der Waals surface area contributed by atoms with E-state index in [0.29, 0.717) is 6.04 Å². The minimum Gasteiger partial charge on any atom is -0.291 e. The number of aliphatic imine (C=N–C) groups is 1. The molecule has 3 aliphatic rings. The normalized spacial score (nSPS) is 36.1.